The summed E-state index contributed by atoms with van der Waals surface area (Å²) in [5.41, 5.74) is 0. The van der Waals surface area contributed by atoms with Crippen LogP contribution in [-0.2, 0) is 14.3 Å². The Morgan fingerprint density at radius 2 is 0.800 bits per heavy atom. The largest absolute Gasteiger partial charge is 0.462 e. The minimum Gasteiger partial charge on any atom is -0.462 e. The van der Waals surface area contributed by atoms with E-state index in [9.17, 15) is 19.8 Å². The number of carbonyl (C=O) groups is 2. The third-order valence-corrected chi connectivity index (χ3v) is 12.6. The summed E-state index contributed by atoms with van der Waals surface area (Å²) in [7, 11) is 0. The molecule has 0 saturated heterocycles. The van der Waals surface area contributed by atoms with Gasteiger partial charge in [-0.2, -0.15) is 0 Å². The molecule has 0 aromatic carbocycles. The molecule has 0 bridgehead atoms. The molecule has 0 aromatic heterocycles. The van der Waals surface area contributed by atoms with Crippen molar-refractivity contribution in [3.05, 3.63) is 12.2 Å². The smallest absolute Gasteiger partial charge is 0.306 e. The molecule has 0 heterocycles. The van der Waals surface area contributed by atoms with Crippen molar-refractivity contribution >= 4 is 11.9 Å². The van der Waals surface area contributed by atoms with Gasteiger partial charge in [-0.15, -0.1) is 0 Å². The first-order chi connectivity index (χ1) is 29.5. The number of aliphatic hydroxyl groups excluding tert-OH is 2. The quantitative estimate of drug-likeness (QED) is 0.0322. The van der Waals surface area contributed by atoms with Crippen molar-refractivity contribution in [2.24, 2.45) is 0 Å². The molecule has 3 N–H and O–H groups in total. The Kier molecular flexibility index (Phi) is 47.5. The van der Waals surface area contributed by atoms with E-state index >= 15 is 0 Å². The molecule has 0 saturated carbocycles. The van der Waals surface area contributed by atoms with Crippen LogP contribution in [0.1, 0.15) is 297 Å². The summed E-state index contributed by atoms with van der Waals surface area (Å²) in [5, 5.41) is 23.7. The maximum Gasteiger partial charge on any atom is 0.306 e. The van der Waals surface area contributed by atoms with Gasteiger partial charge in [0.25, 0.3) is 0 Å². The average Bonchev–Trinajstić information content (AvgIpc) is 3.24. The number of amides is 1. The lowest BCUT2D eigenvalue weighted by molar-refractivity contribution is -0.151. The second-order valence-corrected chi connectivity index (χ2v) is 18.6. The molecule has 356 valence electrons. The zero-order valence-electron chi connectivity index (χ0n) is 40.6. The minimum atomic E-state index is -0.781. The molecular weight excluding hydrogens is 743 g/mol. The molecular formula is C54H105NO5. The van der Waals surface area contributed by atoms with E-state index in [4.69, 9.17) is 4.74 Å². The van der Waals surface area contributed by atoms with Crippen molar-refractivity contribution in [2.45, 2.75) is 315 Å². The summed E-state index contributed by atoms with van der Waals surface area (Å²) in [6.07, 6.45) is 54.2. The molecule has 0 aliphatic rings. The van der Waals surface area contributed by atoms with Gasteiger partial charge in [0.05, 0.1) is 25.2 Å². The number of nitrogens with one attached hydrogen (secondary N) is 1. The SMILES string of the molecule is CCCCCCCC/C=C/CCCCCCCCCC(=O)OC(CCCCCCCCCCCCCCCC)CC(=O)NC(CO)C(O)CCCCCCCCCCCC. The molecule has 0 aliphatic heterocycles. The van der Waals surface area contributed by atoms with E-state index in [0.717, 1.165) is 44.9 Å². The van der Waals surface area contributed by atoms with Gasteiger partial charge in [-0.1, -0.05) is 245 Å². The van der Waals surface area contributed by atoms with Crippen molar-refractivity contribution in [1.29, 1.82) is 0 Å². The molecule has 6 heteroatoms. The van der Waals surface area contributed by atoms with Crippen LogP contribution in [0.25, 0.3) is 0 Å². The fourth-order valence-corrected chi connectivity index (χ4v) is 8.49. The monoisotopic (exact) mass is 848 g/mol. The summed E-state index contributed by atoms with van der Waals surface area (Å²) in [6.45, 7) is 6.49. The lowest BCUT2D eigenvalue weighted by atomic mass is 10.0. The molecule has 0 radical (unpaired) electrons. The van der Waals surface area contributed by atoms with Gasteiger partial charge in [0.15, 0.2) is 0 Å². The summed E-state index contributed by atoms with van der Waals surface area (Å²) in [5.74, 6) is -0.460. The van der Waals surface area contributed by atoms with E-state index in [-0.39, 0.29) is 24.9 Å². The Morgan fingerprint density at radius 3 is 1.18 bits per heavy atom. The van der Waals surface area contributed by atoms with E-state index in [2.05, 4.69) is 38.2 Å². The second-order valence-electron chi connectivity index (χ2n) is 18.6. The van der Waals surface area contributed by atoms with Crippen LogP contribution in [0.15, 0.2) is 12.2 Å². The van der Waals surface area contributed by atoms with Crippen molar-refractivity contribution in [1.82, 2.24) is 5.32 Å². The lowest BCUT2D eigenvalue weighted by Crippen LogP contribution is -2.46. The number of hydrogen-bond donors (Lipinski definition) is 3. The maximum absolute atomic E-state index is 13.2. The fraction of sp³-hybridized carbons (Fsp3) is 0.926. The molecule has 60 heavy (non-hydrogen) atoms. The summed E-state index contributed by atoms with van der Waals surface area (Å²) in [4.78, 5) is 26.2. The van der Waals surface area contributed by atoms with Gasteiger partial charge < -0.3 is 20.3 Å². The average molecular weight is 848 g/mol. The zero-order chi connectivity index (χ0) is 43.8. The van der Waals surface area contributed by atoms with Gasteiger partial charge in [-0.3, -0.25) is 9.59 Å². The highest BCUT2D eigenvalue weighted by Gasteiger charge is 2.24. The summed E-state index contributed by atoms with van der Waals surface area (Å²) >= 11 is 0. The Labute approximate surface area is 374 Å². The summed E-state index contributed by atoms with van der Waals surface area (Å²) in [6, 6.07) is -0.695. The van der Waals surface area contributed by atoms with Crippen LogP contribution >= 0.6 is 0 Å². The molecule has 3 atom stereocenters. The predicted molar refractivity (Wildman–Crippen MR) is 260 cm³/mol. The maximum atomic E-state index is 13.2. The second kappa shape index (κ2) is 48.6. The third kappa shape index (κ3) is 43.3. The first kappa shape index (κ1) is 58.6. The highest BCUT2D eigenvalue weighted by atomic mass is 16.5. The third-order valence-electron chi connectivity index (χ3n) is 12.6. The number of aliphatic hydroxyl groups is 2. The number of rotatable bonds is 49. The fourth-order valence-electron chi connectivity index (χ4n) is 8.49. The first-order valence-electron chi connectivity index (χ1n) is 26.9. The van der Waals surface area contributed by atoms with Crippen LogP contribution in [0, 0.1) is 0 Å². The highest BCUT2D eigenvalue weighted by molar-refractivity contribution is 5.77. The Balaban J connectivity index is 4.51. The van der Waals surface area contributed by atoms with Crippen LogP contribution < -0.4 is 5.32 Å². The molecule has 0 fully saturated rings. The van der Waals surface area contributed by atoms with Crippen LogP contribution in [0.5, 0.6) is 0 Å². The lowest BCUT2D eigenvalue weighted by Gasteiger charge is -2.24. The minimum absolute atomic E-state index is 0.0832. The van der Waals surface area contributed by atoms with Gasteiger partial charge in [-0.05, 0) is 51.4 Å². The van der Waals surface area contributed by atoms with Crippen LogP contribution in [0.2, 0.25) is 0 Å². The van der Waals surface area contributed by atoms with Gasteiger partial charge in [-0.25, -0.2) is 0 Å². The van der Waals surface area contributed by atoms with E-state index in [1.807, 2.05) is 0 Å². The Hall–Kier alpha value is -1.40. The molecule has 3 unspecified atom stereocenters. The number of ether oxygens (including phenoxy) is 1. The Morgan fingerprint density at radius 1 is 0.467 bits per heavy atom. The van der Waals surface area contributed by atoms with Gasteiger partial charge >= 0.3 is 5.97 Å². The molecule has 0 spiro atoms. The van der Waals surface area contributed by atoms with E-state index in [0.29, 0.717) is 19.3 Å². The van der Waals surface area contributed by atoms with Crippen molar-refractivity contribution in [3.8, 4) is 0 Å². The number of allylic oxidation sites excluding steroid dienone is 2. The number of hydrogen-bond acceptors (Lipinski definition) is 5. The highest BCUT2D eigenvalue weighted by Crippen LogP contribution is 2.19. The van der Waals surface area contributed by atoms with Crippen LogP contribution in [0.3, 0.4) is 0 Å². The zero-order valence-corrected chi connectivity index (χ0v) is 40.6. The van der Waals surface area contributed by atoms with Gasteiger partial charge in [0.1, 0.15) is 6.10 Å². The van der Waals surface area contributed by atoms with Crippen molar-refractivity contribution in [2.75, 3.05) is 6.61 Å². The normalized spacial score (nSPS) is 13.2. The number of esters is 1. The van der Waals surface area contributed by atoms with E-state index in [1.54, 1.807) is 0 Å². The van der Waals surface area contributed by atoms with Gasteiger partial charge in [0.2, 0.25) is 5.91 Å². The molecule has 6 nitrogen and oxygen atoms in total. The summed E-state index contributed by atoms with van der Waals surface area (Å²) < 4.78 is 5.95. The van der Waals surface area contributed by atoms with Crippen LogP contribution in [0.4, 0.5) is 0 Å². The Bertz CT molecular complexity index is 909. The first-order valence-corrected chi connectivity index (χ1v) is 26.9. The van der Waals surface area contributed by atoms with E-state index < -0.39 is 18.2 Å². The van der Waals surface area contributed by atoms with Crippen LogP contribution in [-0.4, -0.2) is 46.9 Å². The number of unbranched alkanes of at least 4 members (excludes halogenated alkanes) is 35. The van der Waals surface area contributed by atoms with E-state index in [1.165, 1.54) is 205 Å². The molecule has 0 rings (SSSR count). The molecule has 1 amide bonds. The molecule has 0 aromatic rings. The van der Waals surface area contributed by atoms with Crippen molar-refractivity contribution < 1.29 is 24.5 Å². The van der Waals surface area contributed by atoms with Gasteiger partial charge in [0, 0.05) is 6.42 Å². The standard InChI is InChI=1S/C54H105NO5/c1-4-7-10-13-16-19-22-24-26-27-28-30-32-35-38-41-44-47-54(59)60-50(45-42-39-36-33-31-29-25-23-20-17-14-11-8-5-2)48-53(58)55-51(49-56)52(57)46-43-40-37-34-21-18-15-12-9-6-3/h24,26,50-52,56-57H,4-23,25,27-49H2,1-3H3,(H,55,58)/b26-24+. The van der Waals surface area contributed by atoms with Crippen molar-refractivity contribution in [3.63, 3.8) is 0 Å². The predicted octanol–water partition coefficient (Wildman–Crippen LogP) is 16.1. The topological polar surface area (TPSA) is 95.9 Å². The molecule has 0 aliphatic carbocycles. The number of carbonyl (C=O) groups excluding carboxylic acids is 2.